The zero-order valence-electron chi connectivity index (χ0n) is 17.5. The molecule has 0 aliphatic carbocycles. The molecule has 0 spiro atoms. The van der Waals surface area contributed by atoms with Crippen LogP contribution in [0.2, 0.25) is 0 Å². The van der Waals surface area contributed by atoms with Gasteiger partial charge < -0.3 is 19.8 Å². The maximum atomic E-state index is 12.5. The Labute approximate surface area is 199 Å². The standard InChI is InChI=1S/C23H22BrN3O4S/c1-14(2)31-20-10-7-16(12-19(20)24)22(29)27-23(32)26-17-8-5-15(6-9-17)21(28)25-13-18-4-3-11-30-18/h3-12,14H,13H2,1-2H3,(H,25,28)(H2,26,27,29,32). The molecule has 0 aliphatic heterocycles. The molecule has 1 heterocycles. The Morgan fingerprint density at radius 2 is 1.78 bits per heavy atom. The van der Waals surface area contributed by atoms with Crippen LogP contribution in [0.25, 0.3) is 0 Å². The van der Waals surface area contributed by atoms with Crippen molar-refractivity contribution in [2.24, 2.45) is 0 Å². The van der Waals surface area contributed by atoms with E-state index in [0.717, 1.165) is 0 Å². The van der Waals surface area contributed by atoms with Crippen molar-refractivity contribution >= 4 is 50.8 Å². The van der Waals surface area contributed by atoms with Crippen molar-refractivity contribution < 1.29 is 18.7 Å². The largest absolute Gasteiger partial charge is 0.490 e. The second-order valence-electron chi connectivity index (χ2n) is 7.06. The number of hydrogen-bond donors (Lipinski definition) is 3. The van der Waals surface area contributed by atoms with E-state index in [-0.39, 0.29) is 23.0 Å². The van der Waals surface area contributed by atoms with Gasteiger partial charge in [0, 0.05) is 16.8 Å². The molecule has 0 atom stereocenters. The lowest BCUT2D eigenvalue weighted by Gasteiger charge is -2.13. The molecule has 3 aromatic rings. The van der Waals surface area contributed by atoms with Gasteiger partial charge in [-0.2, -0.15) is 0 Å². The van der Waals surface area contributed by atoms with Crippen LogP contribution in [0.4, 0.5) is 5.69 Å². The molecule has 166 valence electrons. The SMILES string of the molecule is CC(C)Oc1ccc(C(=O)NC(=S)Nc2ccc(C(=O)NCc3ccco3)cc2)cc1Br. The summed E-state index contributed by atoms with van der Waals surface area (Å²) < 4.78 is 11.5. The number of halogens is 1. The van der Waals surface area contributed by atoms with Gasteiger partial charge in [-0.25, -0.2) is 0 Å². The predicted molar refractivity (Wildman–Crippen MR) is 130 cm³/mol. The van der Waals surface area contributed by atoms with Gasteiger partial charge in [0.25, 0.3) is 11.8 Å². The third-order valence-electron chi connectivity index (χ3n) is 4.19. The molecular weight excluding hydrogens is 494 g/mol. The Morgan fingerprint density at radius 1 is 1.06 bits per heavy atom. The zero-order chi connectivity index (χ0) is 23.1. The lowest BCUT2D eigenvalue weighted by molar-refractivity contribution is 0.0946. The molecule has 0 bridgehead atoms. The Kier molecular flexibility index (Phi) is 8.02. The fourth-order valence-corrected chi connectivity index (χ4v) is 3.40. The molecule has 0 aliphatic rings. The number of carbonyl (C=O) groups excluding carboxylic acids is 2. The highest BCUT2D eigenvalue weighted by molar-refractivity contribution is 9.10. The minimum absolute atomic E-state index is 0.0243. The van der Waals surface area contributed by atoms with Gasteiger partial charge in [-0.1, -0.05) is 0 Å². The van der Waals surface area contributed by atoms with E-state index >= 15 is 0 Å². The van der Waals surface area contributed by atoms with Crippen LogP contribution < -0.4 is 20.7 Å². The summed E-state index contributed by atoms with van der Waals surface area (Å²) in [6, 6.07) is 15.3. The van der Waals surface area contributed by atoms with Crippen molar-refractivity contribution in [3.63, 3.8) is 0 Å². The van der Waals surface area contributed by atoms with E-state index in [1.807, 2.05) is 13.8 Å². The van der Waals surface area contributed by atoms with E-state index in [0.29, 0.717) is 39.3 Å². The fraction of sp³-hybridized carbons (Fsp3) is 0.174. The number of nitrogens with one attached hydrogen (secondary N) is 3. The zero-order valence-corrected chi connectivity index (χ0v) is 19.9. The van der Waals surface area contributed by atoms with Gasteiger partial charge in [0.05, 0.1) is 23.4 Å². The fourth-order valence-electron chi connectivity index (χ4n) is 2.72. The second-order valence-corrected chi connectivity index (χ2v) is 8.32. The van der Waals surface area contributed by atoms with Gasteiger partial charge in [0.15, 0.2) is 5.11 Å². The van der Waals surface area contributed by atoms with Gasteiger partial charge in [-0.3, -0.25) is 14.9 Å². The lowest BCUT2D eigenvalue weighted by Crippen LogP contribution is -2.34. The van der Waals surface area contributed by atoms with E-state index < -0.39 is 0 Å². The van der Waals surface area contributed by atoms with Crippen LogP contribution in [0.3, 0.4) is 0 Å². The molecule has 7 nitrogen and oxygen atoms in total. The van der Waals surface area contributed by atoms with E-state index in [9.17, 15) is 9.59 Å². The summed E-state index contributed by atoms with van der Waals surface area (Å²) >= 11 is 8.64. The topological polar surface area (TPSA) is 92.6 Å². The van der Waals surface area contributed by atoms with Crippen molar-refractivity contribution in [3.8, 4) is 5.75 Å². The van der Waals surface area contributed by atoms with Gasteiger partial charge in [0.1, 0.15) is 11.5 Å². The predicted octanol–water partition coefficient (Wildman–Crippen LogP) is 4.89. The molecule has 0 radical (unpaired) electrons. The van der Waals surface area contributed by atoms with Crippen LogP contribution in [0.1, 0.15) is 40.3 Å². The van der Waals surface area contributed by atoms with Gasteiger partial charge in [-0.05, 0) is 96.6 Å². The average molecular weight is 516 g/mol. The van der Waals surface area contributed by atoms with E-state index in [1.165, 1.54) is 0 Å². The minimum atomic E-state index is -0.353. The van der Waals surface area contributed by atoms with E-state index in [2.05, 4.69) is 31.9 Å². The maximum absolute atomic E-state index is 12.5. The van der Waals surface area contributed by atoms with Crippen molar-refractivity contribution in [3.05, 3.63) is 82.2 Å². The van der Waals surface area contributed by atoms with Crippen LogP contribution in [-0.4, -0.2) is 23.0 Å². The lowest BCUT2D eigenvalue weighted by atomic mass is 10.2. The number of thiocarbonyl (C=S) groups is 1. The first-order valence-electron chi connectivity index (χ1n) is 9.81. The Balaban J connectivity index is 1.52. The molecule has 3 rings (SSSR count). The molecule has 2 amide bonds. The van der Waals surface area contributed by atoms with Crippen molar-refractivity contribution in [1.82, 2.24) is 10.6 Å². The van der Waals surface area contributed by atoms with Gasteiger partial charge in [0.2, 0.25) is 0 Å². The van der Waals surface area contributed by atoms with Crippen molar-refractivity contribution in [1.29, 1.82) is 0 Å². The summed E-state index contributed by atoms with van der Waals surface area (Å²) in [7, 11) is 0. The minimum Gasteiger partial charge on any atom is -0.490 e. The first-order valence-corrected chi connectivity index (χ1v) is 11.0. The summed E-state index contributed by atoms with van der Waals surface area (Å²) in [6.45, 7) is 4.16. The Bertz CT molecular complexity index is 1100. The summed E-state index contributed by atoms with van der Waals surface area (Å²) in [6.07, 6.45) is 1.58. The molecule has 1 aromatic heterocycles. The number of rotatable bonds is 7. The Hall–Kier alpha value is -3.17. The van der Waals surface area contributed by atoms with Crippen LogP contribution in [0, 0.1) is 0 Å². The molecule has 0 unspecified atom stereocenters. The van der Waals surface area contributed by atoms with Crippen LogP contribution in [0.5, 0.6) is 5.75 Å². The normalized spacial score (nSPS) is 10.5. The summed E-state index contributed by atoms with van der Waals surface area (Å²) in [5.41, 5.74) is 1.56. The quantitative estimate of drug-likeness (QED) is 0.388. The summed E-state index contributed by atoms with van der Waals surface area (Å²) in [5, 5.41) is 8.49. The highest BCUT2D eigenvalue weighted by Gasteiger charge is 2.12. The van der Waals surface area contributed by atoms with Crippen LogP contribution >= 0.6 is 28.1 Å². The second kappa shape index (κ2) is 10.9. The molecule has 0 saturated heterocycles. The van der Waals surface area contributed by atoms with Crippen molar-refractivity contribution in [2.75, 3.05) is 5.32 Å². The molecule has 2 aromatic carbocycles. The number of amides is 2. The third-order valence-corrected chi connectivity index (χ3v) is 5.02. The molecule has 0 saturated carbocycles. The molecular formula is C23H22BrN3O4S. The number of furan rings is 1. The first-order chi connectivity index (χ1) is 15.3. The third kappa shape index (κ3) is 6.66. The number of carbonyl (C=O) groups is 2. The van der Waals surface area contributed by atoms with Crippen LogP contribution in [0.15, 0.2) is 69.8 Å². The Morgan fingerprint density at radius 3 is 2.41 bits per heavy atom. The molecule has 3 N–H and O–H groups in total. The smallest absolute Gasteiger partial charge is 0.257 e. The highest BCUT2D eigenvalue weighted by atomic mass is 79.9. The summed E-state index contributed by atoms with van der Waals surface area (Å²) in [4.78, 5) is 24.7. The molecule has 9 heteroatoms. The van der Waals surface area contributed by atoms with Crippen LogP contribution in [-0.2, 0) is 6.54 Å². The van der Waals surface area contributed by atoms with Gasteiger partial charge in [-0.15, -0.1) is 0 Å². The van der Waals surface area contributed by atoms with E-state index in [4.69, 9.17) is 21.4 Å². The first kappa shape index (κ1) is 23.5. The molecule has 0 fully saturated rings. The van der Waals surface area contributed by atoms with E-state index in [1.54, 1.807) is 60.9 Å². The summed E-state index contributed by atoms with van der Waals surface area (Å²) in [5.74, 6) is 0.755. The monoisotopic (exact) mass is 515 g/mol. The van der Waals surface area contributed by atoms with Gasteiger partial charge >= 0.3 is 0 Å². The number of anilines is 1. The number of hydrogen-bond acceptors (Lipinski definition) is 5. The van der Waals surface area contributed by atoms with Crippen molar-refractivity contribution in [2.45, 2.75) is 26.5 Å². The number of ether oxygens (including phenoxy) is 1. The highest BCUT2D eigenvalue weighted by Crippen LogP contribution is 2.27. The molecule has 32 heavy (non-hydrogen) atoms. The number of benzene rings is 2. The maximum Gasteiger partial charge on any atom is 0.257 e. The average Bonchev–Trinajstić information content (AvgIpc) is 3.27.